The average Bonchev–Trinajstić information content (AvgIpc) is 3.16. The van der Waals surface area contributed by atoms with Gasteiger partial charge in [0.1, 0.15) is 11.5 Å². The van der Waals surface area contributed by atoms with Gasteiger partial charge in [-0.1, -0.05) is 18.2 Å². The van der Waals surface area contributed by atoms with Gasteiger partial charge in [-0.2, -0.15) is 0 Å². The molecule has 3 rings (SSSR count). The number of carbonyl (C=O) groups is 2. The Kier molecular flexibility index (Phi) is 5.66. The molecule has 0 saturated heterocycles. The van der Waals surface area contributed by atoms with Crippen LogP contribution in [-0.2, 0) is 11.2 Å². The van der Waals surface area contributed by atoms with Crippen molar-refractivity contribution in [2.45, 2.75) is 6.42 Å². The first-order valence-electron chi connectivity index (χ1n) is 7.93. The molecule has 0 radical (unpaired) electrons. The summed E-state index contributed by atoms with van der Waals surface area (Å²) in [6.07, 6.45) is 0.240. The molecule has 6 heteroatoms. The number of rotatable bonds is 6. The number of amides is 1. The predicted molar refractivity (Wildman–Crippen MR) is 101 cm³/mol. The molecule has 0 unspecified atom stereocenters. The van der Waals surface area contributed by atoms with E-state index < -0.39 is 0 Å². The van der Waals surface area contributed by atoms with E-state index >= 15 is 0 Å². The summed E-state index contributed by atoms with van der Waals surface area (Å²) < 4.78 is 10.5. The van der Waals surface area contributed by atoms with E-state index in [2.05, 4.69) is 5.32 Å². The van der Waals surface area contributed by atoms with Gasteiger partial charge in [-0.25, -0.2) is 0 Å². The standard InChI is InChI=1S/C20H17NO4S/c1-24-18-7-3-2-6-17(18)20(23)21-14-8-10-15(11-9-14)25-19(22)13-16-5-4-12-26-16/h2-12H,13H2,1H3,(H,21,23). The number of para-hydroxylation sites is 1. The summed E-state index contributed by atoms with van der Waals surface area (Å²) in [4.78, 5) is 25.2. The maximum absolute atomic E-state index is 12.4. The summed E-state index contributed by atoms with van der Waals surface area (Å²) in [5, 5.41) is 4.71. The van der Waals surface area contributed by atoms with Gasteiger partial charge in [0.25, 0.3) is 5.91 Å². The van der Waals surface area contributed by atoms with E-state index in [1.54, 1.807) is 48.5 Å². The topological polar surface area (TPSA) is 64.6 Å². The van der Waals surface area contributed by atoms with Gasteiger partial charge in [0.05, 0.1) is 19.1 Å². The number of esters is 1. The van der Waals surface area contributed by atoms with Gasteiger partial charge in [-0.3, -0.25) is 9.59 Å². The second-order valence-corrected chi connectivity index (χ2v) is 6.44. The van der Waals surface area contributed by atoms with Crippen LogP contribution >= 0.6 is 11.3 Å². The molecule has 0 aliphatic carbocycles. The number of carbonyl (C=O) groups excluding carboxylic acids is 2. The number of methoxy groups -OCH3 is 1. The van der Waals surface area contributed by atoms with E-state index in [-0.39, 0.29) is 18.3 Å². The molecule has 5 nitrogen and oxygen atoms in total. The molecule has 0 fully saturated rings. The quantitative estimate of drug-likeness (QED) is 0.525. The van der Waals surface area contributed by atoms with Gasteiger partial charge in [-0.05, 0) is 47.8 Å². The minimum atomic E-state index is -0.321. The lowest BCUT2D eigenvalue weighted by atomic mass is 10.2. The number of hydrogen-bond acceptors (Lipinski definition) is 5. The van der Waals surface area contributed by atoms with Crippen LogP contribution < -0.4 is 14.8 Å². The molecule has 1 N–H and O–H groups in total. The molecule has 0 bridgehead atoms. The number of nitrogens with one attached hydrogen (secondary N) is 1. The zero-order chi connectivity index (χ0) is 18.4. The summed E-state index contributed by atoms with van der Waals surface area (Å²) in [5.41, 5.74) is 1.04. The lowest BCUT2D eigenvalue weighted by Crippen LogP contribution is -2.13. The van der Waals surface area contributed by atoms with Gasteiger partial charge in [0.15, 0.2) is 0 Å². The minimum Gasteiger partial charge on any atom is -0.496 e. The Labute approximate surface area is 155 Å². The van der Waals surface area contributed by atoms with Crippen LogP contribution in [0.3, 0.4) is 0 Å². The van der Waals surface area contributed by atoms with E-state index in [9.17, 15) is 9.59 Å². The fourth-order valence-corrected chi connectivity index (χ4v) is 3.05. The molecule has 0 aliphatic heterocycles. The molecule has 0 saturated carbocycles. The van der Waals surface area contributed by atoms with Gasteiger partial charge >= 0.3 is 5.97 Å². The van der Waals surface area contributed by atoms with Crippen molar-refractivity contribution < 1.29 is 19.1 Å². The lowest BCUT2D eigenvalue weighted by Gasteiger charge is -2.10. The summed E-state index contributed by atoms with van der Waals surface area (Å²) in [7, 11) is 1.52. The molecule has 1 heterocycles. The van der Waals surface area contributed by atoms with Crippen molar-refractivity contribution in [3.05, 3.63) is 76.5 Å². The van der Waals surface area contributed by atoms with Crippen LogP contribution in [0.2, 0.25) is 0 Å². The SMILES string of the molecule is COc1ccccc1C(=O)Nc1ccc(OC(=O)Cc2cccs2)cc1. The van der Waals surface area contributed by atoms with E-state index in [1.807, 2.05) is 17.5 Å². The third-order valence-corrected chi connectivity index (χ3v) is 4.47. The van der Waals surface area contributed by atoms with Crippen LogP contribution in [0.5, 0.6) is 11.5 Å². The number of ether oxygens (including phenoxy) is 2. The summed E-state index contributed by atoms with van der Waals surface area (Å²) in [6.45, 7) is 0. The lowest BCUT2D eigenvalue weighted by molar-refractivity contribution is -0.133. The summed E-state index contributed by atoms with van der Waals surface area (Å²) in [5.74, 6) is 0.342. The van der Waals surface area contributed by atoms with E-state index in [0.717, 1.165) is 4.88 Å². The number of anilines is 1. The van der Waals surface area contributed by atoms with E-state index in [4.69, 9.17) is 9.47 Å². The summed E-state index contributed by atoms with van der Waals surface area (Å²) in [6, 6.07) is 17.4. The molecule has 1 amide bonds. The Bertz CT molecular complexity index is 888. The maximum Gasteiger partial charge on any atom is 0.316 e. The Hall–Kier alpha value is -3.12. The first-order chi connectivity index (χ1) is 12.7. The van der Waals surface area contributed by atoms with E-state index in [0.29, 0.717) is 22.7 Å². The van der Waals surface area contributed by atoms with Crippen molar-refractivity contribution in [1.82, 2.24) is 0 Å². The van der Waals surface area contributed by atoms with Crippen LogP contribution in [0.1, 0.15) is 15.2 Å². The highest BCUT2D eigenvalue weighted by atomic mass is 32.1. The molecule has 0 spiro atoms. The Balaban J connectivity index is 1.60. The molecule has 2 aromatic carbocycles. The Morgan fingerprint density at radius 1 is 1.00 bits per heavy atom. The van der Waals surface area contributed by atoms with E-state index in [1.165, 1.54) is 18.4 Å². The second kappa shape index (κ2) is 8.31. The molecule has 3 aromatic rings. The first kappa shape index (κ1) is 17.7. The van der Waals surface area contributed by atoms with Gasteiger partial charge < -0.3 is 14.8 Å². The van der Waals surface area contributed by atoms with Crippen molar-refractivity contribution in [1.29, 1.82) is 0 Å². The monoisotopic (exact) mass is 367 g/mol. The van der Waals surface area contributed by atoms with Crippen LogP contribution in [0, 0.1) is 0 Å². The molecule has 1 aromatic heterocycles. The molecular formula is C20H17NO4S. The Morgan fingerprint density at radius 3 is 2.46 bits per heavy atom. The normalized spacial score (nSPS) is 10.2. The largest absolute Gasteiger partial charge is 0.496 e. The highest BCUT2D eigenvalue weighted by Crippen LogP contribution is 2.21. The predicted octanol–water partition coefficient (Wildman–Crippen LogP) is 4.16. The van der Waals surface area contributed by atoms with Crippen molar-refractivity contribution in [3.8, 4) is 11.5 Å². The fourth-order valence-electron chi connectivity index (χ4n) is 2.36. The van der Waals surface area contributed by atoms with Crippen LogP contribution in [0.25, 0.3) is 0 Å². The van der Waals surface area contributed by atoms with Crippen LogP contribution in [-0.4, -0.2) is 19.0 Å². The molecule has 26 heavy (non-hydrogen) atoms. The smallest absolute Gasteiger partial charge is 0.316 e. The number of thiophene rings is 1. The molecular weight excluding hydrogens is 350 g/mol. The second-order valence-electron chi connectivity index (χ2n) is 5.41. The molecule has 0 atom stereocenters. The maximum atomic E-state index is 12.4. The van der Waals surface area contributed by atoms with Crippen molar-refractivity contribution in [2.75, 3.05) is 12.4 Å². The fraction of sp³-hybridized carbons (Fsp3) is 0.100. The Morgan fingerprint density at radius 2 is 1.77 bits per heavy atom. The van der Waals surface area contributed by atoms with Crippen LogP contribution in [0.15, 0.2) is 66.0 Å². The average molecular weight is 367 g/mol. The zero-order valence-electron chi connectivity index (χ0n) is 14.1. The molecule has 132 valence electrons. The first-order valence-corrected chi connectivity index (χ1v) is 8.81. The number of hydrogen-bond donors (Lipinski definition) is 1. The van der Waals surface area contributed by atoms with Gasteiger partial charge in [-0.15, -0.1) is 11.3 Å². The molecule has 0 aliphatic rings. The van der Waals surface area contributed by atoms with Gasteiger partial charge in [0.2, 0.25) is 0 Å². The third kappa shape index (κ3) is 4.49. The van der Waals surface area contributed by atoms with Crippen molar-refractivity contribution in [2.24, 2.45) is 0 Å². The van der Waals surface area contributed by atoms with Crippen molar-refractivity contribution >= 4 is 28.9 Å². The van der Waals surface area contributed by atoms with Gasteiger partial charge in [0, 0.05) is 10.6 Å². The third-order valence-electron chi connectivity index (χ3n) is 3.59. The zero-order valence-corrected chi connectivity index (χ0v) is 14.9. The summed E-state index contributed by atoms with van der Waals surface area (Å²) >= 11 is 1.51. The highest BCUT2D eigenvalue weighted by molar-refractivity contribution is 7.10. The number of benzene rings is 2. The minimum absolute atomic E-state index is 0.240. The van der Waals surface area contributed by atoms with Crippen molar-refractivity contribution in [3.63, 3.8) is 0 Å². The van der Waals surface area contributed by atoms with Crippen LogP contribution in [0.4, 0.5) is 5.69 Å². The highest BCUT2D eigenvalue weighted by Gasteiger charge is 2.12.